The number of benzene rings is 2. The predicted molar refractivity (Wildman–Crippen MR) is 99.0 cm³/mol. The number of methoxy groups -OCH3 is 1. The third-order valence-corrected chi connectivity index (χ3v) is 4.10. The Hall–Kier alpha value is -3.32. The zero-order valence-electron chi connectivity index (χ0n) is 14.7. The number of fused-ring (bicyclic) bond motifs is 1. The molecule has 1 amide bonds. The molecule has 1 aromatic heterocycles. The molecule has 0 fully saturated rings. The van der Waals surface area contributed by atoms with E-state index in [1.807, 2.05) is 24.3 Å². The number of rotatable bonds is 7. The first-order valence-corrected chi connectivity index (χ1v) is 8.40. The third-order valence-electron chi connectivity index (χ3n) is 4.10. The summed E-state index contributed by atoms with van der Waals surface area (Å²) < 4.78 is 5.25. The lowest BCUT2D eigenvalue weighted by atomic mass is 10.1. The zero-order valence-corrected chi connectivity index (χ0v) is 14.7. The van der Waals surface area contributed by atoms with Gasteiger partial charge >= 0.3 is 5.97 Å². The Balaban J connectivity index is 1.76. The maximum absolute atomic E-state index is 12.6. The number of carbonyl (C=O) groups excluding carboxylic acids is 1. The molecule has 138 valence electrons. The molecule has 0 radical (unpaired) electrons. The molecule has 0 bridgehead atoms. The molecule has 2 N–H and O–H groups in total. The van der Waals surface area contributed by atoms with Crippen LogP contribution in [0.15, 0.2) is 60.8 Å². The van der Waals surface area contributed by atoms with Gasteiger partial charge in [-0.05, 0) is 17.7 Å². The highest BCUT2D eigenvalue weighted by atomic mass is 16.5. The molecule has 1 heterocycles. The molecule has 0 spiro atoms. The van der Waals surface area contributed by atoms with Gasteiger partial charge in [-0.1, -0.05) is 42.5 Å². The van der Waals surface area contributed by atoms with Crippen molar-refractivity contribution in [1.82, 2.24) is 15.3 Å². The molecule has 0 saturated carbocycles. The fourth-order valence-corrected chi connectivity index (χ4v) is 2.77. The highest BCUT2D eigenvalue weighted by molar-refractivity contribution is 5.87. The van der Waals surface area contributed by atoms with Gasteiger partial charge in [0.25, 0.3) is 5.91 Å². The molecule has 7 heteroatoms. The van der Waals surface area contributed by atoms with E-state index in [0.717, 1.165) is 5.52 Å². The Bertz CT molecular complexity index is 946. The summed E-state index contributed by atoms with van der Waals surface area (Å²) in [4.78, 5) is 32.9. The first kappa shape index (κ1) is 18.5. The van der Waals surface area contributed by atoms with Gasteiger partial charge in [-0.3, -0.25) is 9.78 Å². The maximum atomic E-state index is 12.6. The number of ether oxygens (including phenoxy) is 1. The van der Waals surface area contributed by atoms with Gasteiger partial charge in [-0.25, -0.2) is 9.78 Å². The Kier molecular flexibility index (Phi) is 5.73. The smallest absolute Gasteiger partial charge is 0.326 e. The van der Waals surface area contributed by atoms with Crippen LogP contribution in [0, 0.1) is 0 Å². The number of hydrogen-bond donors (Lipinski definition) is 2. The van der Waals surface area contributed by atoms with Crippen molar-refractivity contribution in [2.45, 2.75) is 18.6 Å². The number of nitrogens with zero attached hydrogens (tertiary/aromatic N) is 2. The zero-order chi connectivity index (χ0) is 19.2. The normalized spacial score (nSPS) is 13.1. The van der Waals surface area contributed by atoms with Gasteiger partial charge in [0.1, 0.15) is 6.04 Å². The Labute approximate surface area is 156 Å². The monoisotopic (exact) mass is 365 g/mol. The molecule has 0 aliphatic carbocycles. The molecule has 27 heavy (non-hydrogen) atoms. The first-order valence-electron chi connectivity index (χ1n) is 8.40. The topological polar surface area (TPSA) is 101 Å². The maximum Gasteiger partial charge on any atom is 0.326 e. The van der Waals surface area contributed by atoms with Crippen molar-refractivity contribution in [3.63, 3.8) is 0 Å². The molecule has 3 rings (SSSR count). The van der Waals surface area contributed by atoms with E-state index in [-0.39, 0.29) is 6.42 Å². The number of nitrogens with one attached hydrogen (secondary N) is 1. The Morgan fingerprint density at radius 3 is 2.41 bits per heavy atom. The van der Waals surface area contributed by atoms with Gasteiger partial charge in [-0.15, -0.1) is 0 Å². The highest BCUT2D eigenvalue weighted by Crippen LogP contribution is 2.17. The third kappa shape index (κ3) is 4.45. The van der Waals surface area contributed by atoms with Crippen LogP contribution in [-0.2, 0) is 20.7 Å². The molecule has 2 atom stereocenters. The summed E-state index contributed by atoms with van der Waals surface area (Å²) >= 11 is 0. The summed E-state index contributed by atoms with van der Waals surface area (Å²) in [5.74, 6) is -1.67. The number of aromatic nitrogens is 2. The summed E-state index contributed by atoms with van der Waals surface area (Å²) in [6.45, 7) is 0. The number of carboxylic acid groups (broad SMARTS) is 1. The molecule has 0 saturated heterocycles. The van der Waals surface area contributed by atoms with Gasteiger partial charge in [0.05, 0.1) is 16.7 Å². The SMILES string of the molecule is CO[C@@H](C(=O)N[C@@H](Cc1cnc2ccccc2n1)C(=O)O)c1ccccc1. The van der Waals surface area contributed by atoms with Gasteiger partial charge in [0.15, 0.2) is 6.10 Å². The van der Waals surface area contributed by atoms with Crippen molar-refractivity contribution in [2.75, 3.05) is 7.11 Å². The Morgan fingerprint density at radius 1 is 1.07 bits per heavy atom. The Morgan fingerprint density at radius 2 is 1.74 bits per heavy atom. The lowest BCUT2D eigenvalue weighted by molar-refractivity contribution is -0.144. The van der Waals surface area contributed by atoms with Crippen LogP contribution in [0.2, 0.25) is 0 Å². The molecule has 0 aliphatic rings. The summed E-state index contributed by atoms with van der Waals surface area (Å²) in [7, 11) is 1.40. The highest BCUT2D eigenvalue weighted by Gasteiger charge is 2.27. The number of aliphatic carboxylic acids is 1. The summed E-state index contributed by atoms with van der Waals surface area (Å²) in [6, 6.07) is 15.1. The van der Waals surface area contributed by atoms with E-state index in [1.165, 1.54) is 13.3 Å². The van der Waals surface area contributed by atoms with Crippen LogP contribution in [0.1, 0.15) is 17.4 Å². The van der Waals surface area contributed by atoms with Crippen LogP contribution < -0.4 is 5.32 Å². The number of hydrogen-bond acceptors (Lipinski definition) is 5. The van der Waals surface area contributed by atoms with E-state index < -0.39 is 24.0 Å². The van der Waals surface area contributed by atoms with Gasteiger partial charge in [0.2, 0.25) is 0 Å². The minimum atomic E-state index is -1.15. The van der Waals surface area contributed by atoms with Crippen LogP contribution in [0.5, 0.6) is 0 Å². The standard InChI is InChI=1S/C20H19N3O4/c1-27-18(13-7-3-2-4-8-13)19(24)23-17(20(25)26)11-14-12-21-15-9-5-6-10-16(15)22-14/h2-10,12,17-18H,11H2,1H3,(H,23,24)(H,25,26)/t17-,18+/m0/s1. The van der Waals surface area contributed by atoms with Crippen LogP contribution in [0.4, 0.5) is 0 Å². The van der Waals surface area contributed by atoms with Crippen LogP contribution in [0.3, 0.4) is 0 Å². The fourth-order valence-electron chi connectivity index (χ4n) is 2.77. The fraction of sp³-hybridized carbons (Fsp3) is 0.200. The van der Waals surface area contributed by atoms with Gasteiger partial charge in [0, 0.05) is 19.7 Å². The minimum Gasteiger partial charge on any atom is -0.480 e. The van der Waals surface area contributed by atoms with E-state index in [9.17, 15) is 14.7 Å². The van der Waals surface area contributed by atoms with E-state index >= 15 is 0 Å². The average Bonchev–Trinajstić information content (AvgIpc) is 2.68. The molecule has 3 aromatic rings. The second-order valence-electron chi connectivity index (χ2n) is 5.98. The quantitative estimate of drug-likeness (QED) is 0.665. The predicted octanol–water partition coefficient (Wildman–Crippen LogP) is 2.13. The molecule has 2 aromatic carbocycles. The lowest BCUT2D eigenvalue weighted by Crippen LogP contribution is -2.44. The van der Waals surface area contributed by atoms with E-state index in [4.69, 9.17) is 4.74 Å². The molecule has 7 nitrogen and oxygen atoms in total. The van der Waals surface area contributed by atoms with Crippen molar-refractivity contribution in [3.8, 4) is 0 Å². The first-order chi connectivity index (χ1) is 13.1. The van der Waals surface area contributed by atoms with Crippen LogP contribution in [0.25, 0.3) is 11.0 Å². The van der Waals surface area contributed by atoms with Crippen molar-refractivity contribution >= 4 is 22.9 Å². The van der Waals surface area contributed by atoms with Crippen molar-refractivity contribution in [2.24, 2.45) is 0 Å². The van der Waals surface area contributed by atoms with E-state index in [0.29, 0.717) is 16.8 Å². The lowest BCUT2D eigenvalue weighted by Gasteiger charge is -2.19. The van der Waals surface area contributed by atoms with Crippen LogP contribution in [-0.4, -0.2) is 40.1 Å². The van der Waals surface area contributed by atoms with Crippen LogP contribution >= 0.6 is 0 Å². The summed E-state index contributed by atoms with van der Waals surface area (Å²) in [6.07, 6.45) is 0.648. The van der Waals surface area contributed by atoms with Crippen molar-refractivity contribution in [1.29, 1.82) is 0 Å². The number of carboxylic acids is 1. The largest absolute Gasteiger partial charge is 0.480 e. The number of carbonyl (C=O) groups is 2. The number of amides is 1. The van der Waals surface area contributed by atoms with Crippen molar-refractivity contribution < 1.29 is 19.4 Å². The number of para-hydroxylation sites is 2. The van der Waals surface area contributed by atoms with Crippen molar-refractivity contribution in [3.05, 3.63) is 72.1 Å². The average molecular weight is 365 g/mol. The molecule has 0 unspecified atom stereocenters. The summed E-state index contributed by atoms with van der Waals surface area (Å²) in [5, 5.41) is 12.0. The van der Waals surface area contributed by atoms with Gasteiger partial charge in [-0.2, -0.15) is 0 Å². The van der Waals surface area contributed by atoms with E-state index in [2.05, 4.69) is 15.3 Å². The second-order valence-corrected chi connectivity index (χ2v) is 5.98. The van der Waals surface area contributed by atoms with Gasteiger partial charge < -0.3 is 15.2 Å². The molecular weight excluding hydrogens is 346 g/mol. The van der Waals surface area contributed by atoms with E-state index in [1.54, 1.807) is 30.3 Å². The summed E-state index contributed by atoms with van der Waals surface area (Å²) in [5.41, 5.74) is 2.52. The second kappa shape index (κ2) is 8.37. The molecular formula is C20H19N3O4. The molecule has 0 aliphatic heterocycles. The minimum absolute atomic E-state index is 0.0180.